The van der Waals surface area contributed by atoms with Gasteiger partial charge in [-0.1, -0.05) is 36.4 Å². The molecule has 2 aliphatic heterocycles. The molecule has 1 N–H and O–H groups in total. The molecule has 4 heterocycles. The zero-order valence-corrected chi connectivity index (χ0v) is 20.8. The third-order valence-electron chi connectivity index (χ3n) is 7.37. The van der Waals surface area contributed by atoms with Crippen LogP contribution in [0.25, 0.3) is 0 Å². The second-order valence-corrected chi connectivity index (χ2v) is 9.80. The van der Waals surface area contributed by atoms with Gasteiger partial charge in [0, 0.05) is 64.8 Å². The summed E-state index contributed by atoms with van der Waals surface area (Å²) in [4.78, 5) is 38.1. The van der Waals surface area contributed by atoms with Crippen LogP contribution in [0.5, 0.6) is 0 Å². The number of piperidine rings is 1. The van der Waals surface area contributed by atoms with Crippen molar-refractivity contribution in [3.63, 3.8) is 0 Å². The first kappa shape index (κ1) is 24.2. The number of carbonyl (C=O) groups excluding carboxylic acids is 2. The molecule has 0 bridgehead atoms. The highest BCUT2D eigenvalue weighted by molar-refractivity contribution is 5.92. The Hall–Kier alpha value is -3.52. The van der Waals surface area contributed by atoms with Crippen LogP contribution in [0.4, 0.5) is 0 Å². The predicted octanol–water partition coefficient (Wildman–Crippen LogP) is 2.91. The molecule has 188 valence electrons. The maximum atomic E-state index is 12.9. The monoisotopic (exact) mass is 486 g/mol. The fraction of sp³-hybridized carbons (Fsp3) is 0.429. The number of hydrogen-bond donors (Lipinski definition) is 1. The van der Waals surface area contributed by atoms with Gasteiger partial charge in [0.25, 0.3) is 5.91 Å². The SMILES string of the molecule is CC(=O)N1CCC(CN2CCn3cc(C(=O)NCCc4cccnc4)nc3[C@H]2c2ccccc2)CC1. The standard InChI is InChI=1S/C28H34N6O2/c1-21(35)32-14-10-23(11-15-32)19-33-16-17-34-20-25(28(36)30-13-9-22-6-5-12-29-18-22)31-27(34)26(33)24-7-3-2-4-8-24/h2-8,12,18,20,23,26H,9-11,13-17,19H2,1H3,(H,30,36)/t26-/m1/s1. The van der Waals surface area contributed by atoms with Crippen LogP contribution in [0.1, 0.15) is 53.2 Å². The van der Waals surface area contributed by atoms with Crippen LogP contribution >= 0.6 is 0 Å². The molecular formula is C28H34N6O2. The molecule has 1 aromatic carbocycles. The fourth-order valence-electron chi connectivity index (χ4n) is 5.38. The minimum atomic E-state index is -0.143. The Kier molecular flexibility index (Phi) is 7.41. The molecule has 0 saturated carbocycles. The first-order valence-electron chi connectivity index (χ1n) is 12.9. The molecule has 0 radical (unpaired) electrons. The van der Waals surface area contributed by atoms with Gasteiger partial charge in [-0.2, -0.15) is 0 Å². The molecular weight excluding hydrogens is 452 g/mol. The van der Waals surface area contributed by atoms with Crippen molar-refractivity contribution in [2.75, 3.05) is 32.7 Å². The third kappa shape index (κ3) is 5.49. The van der Waals surface area contributed by atoms with Crippen molar-refractivity contribution in [2.24, 2.45) is 5.92 Å². The molecule has 0 aliphatic carbocycles. The van der Waals surface area contributed by atoms with Crippen LogP contribution in [0, 0.1) is 5.92 Å². The van der Waals surface area contributed by atoms with E-state index in [0.717, 1.165) is 63.4 Å². The summed E-state index contributed by atoms with van der Waals surface area (Å²) in [5.74, 6) is 1.49. The number of imidazole rings is 1. The van der Waals surface area contributed by atoms with Crippen LogP contribution in [0.15, 0.2) is 61.1 Å². The molecule has 1 fully saturated rings. The molecule has 1 atom stereocenters. The Balaban J connectivity index is 1.30. The molecule has 0 spiro atoms. The van der Waals surface area contributed by atoms with Gasteiger partial charge in [-0.25, -0.2) is 4.98 Å². The van der Waals surface area contributed by atoms with Crippen LogP contribution < -0.4 is 5.32 Å². The lowest BCUT2D eigenvalue weighted by molar-refractivity contribution is -0.130. The van der Waals surface area contributed by atoms with Gasteiger partial charge in [-0.15, -0.1) is 0 Å². The van der Waals surface area contributed by atoms with Crippen LogP contribution in [-0.2, 0) is 17.8 Å². The Morgan fingerprint density at radius 1 is 1.03 bits per heavy atom. The number of fused-ring (bicyclic) bond motifs is 1. The van der Waals surface area contributed by atoms with Crippen molar-refractivity contribution < 1.29 is 9.59 Å². The van der Waals surface area contributed by atoms with E-state index in [1.54, 1.807) is 13.1 Å². The summed E-state index contributed by atoms with van der Waals surface area (Å²) in [7, 11) is 0. The van der Waals surface area contributed by atoms with Gasteiger partial charge in [-0.3, -0.25) is 19.5 Å². The second kappa shape index (κ2) is 11.0. The van der Waals surface area contributed by atoms with E-state index in [-0.39, 0.29) is 17.9 Å². The quantitative estimate of drug-likeness (QED) is 0.555. The molecule has 8 heteroatoms. The Labute approximate surface area is 212 Å². The Morgan fingerprint density at radius 3 is 2.56 bits per heavy atom. The molecule has 1 saturated heterocycles. The first-order valence-corrected chi connectivity index (χ1v) is 12.9. The number of nitrogens with one attached hydrogen (secondary N) is 1. The van der Waals surface area contributed by atoms with Gasteiger partial charge < -0.3 is 14.8 Å². The summed E-state index contributed by atoms with van der Waals surface area (Å²) >= 11 is 0. The van der Waals surface area contributed by atoms with Crippen molar-refractivity contribution in [2.45, 2.75) is 38.8 Å². The van der Waals surface area contributed by atoms with Crippen molar-refractivity contribution in [1.29, 1.82) is 0 Å². The van der Waals surface area contributed by atoms with Crippen LogP contribution in [-0.4, -0.2) is 68.9 Å². The summed E-state index contributed by atoms with van der Waals surface area (Å²) in [6, 6.07) is 14.4. The van der Waals surface area contributed by atoms with Gasteiger partial charge in [0.05, 0.1) is 6.04 Å². The Morgan fingerprint density at radius 2 is 1.83 bits per heavy atom. The van der Waals surface area contributed by atoms with Gasteiger partial charge in [0.2, 0.25) is 5.91 Å². The normalized spacial score (nSPS) is 18.6. The zero-order chi connectivity index (χ0) is 24.9. The lowest BCUT2D eigenvalue weighted by Crippen LogP contribution is -2.44. The van der Waals surface area contributed by atoms with E-state index >= 15 is 0 Å². The summed E-state index contributed by atoms with van der Waals surface area (Å²) in [6.07, 6.45) is 8.25. The number of benzene rings is 1. The molecule has 5 rings (SSSR count). The maximum absolute atomic E-state index is 12.9. The van der Waals surface area contributed by atoms with E-state index in [1.165, 1.54) is 5.56 Å². The molecule has 2 aromatic heterocycles. The first-order chi connectivity index (χ1) is 17.6. The number of rotatable bonds is 7. The number of nitrogens with zero attached hydrogens (tertiary/aromatic N) is 5. The van der Waals surface area contributed by atoms with Gasteiger partial charge in [0.1, 0.15) is 11.5 Å². The van der Waals surface area contributed by atoms with E-state index in [9.17, 15) is 9.59 Å². The second-order valence-electron chi connectivity index (χ2n) is 9.80. The predicted molar refractivity (Wildman–Crippen MR) is 137 cm³/mol. The molecule has 2 amide bonds. The van der Waals surface area contributed by atoms with Crippen molar-refractivity contribution >= 4 is 11.8 Å². The molecule has 3 aromatic rings. The van der Waals surface area contributed by atoms with E-state index in [2.05, 4.69) is 44.0 Å². The summed E-state index contributed by atoms with van der Waals surface area (Å²) in [6.45, 7) is 6.54. The molecule has 36 heavy (non-hydrogen) atoms. The molecule has 0 unspecified atom stereocenters. The highest BCUT2D eigenvalue weighted by Gasteiger charge is 2.34. The number of aromatic nitrogens is 3. The van der Waals surface area contributed by atoms with Gasteiger partial charge in [0.15, 0.2) is 0 Å². The van der Waals surface area contributed by atoms with E-state index in [0.29, 0.717) is 18.2 Å². The topological polar surface area (TPSA) is 83.4 Å². The van der Waals surface area contributed by atoms with Crippen LogP contribution in [0.2, 0.25) is 0 Å². The van der Waals surface area contributed by atoms with Gasteiger partial charge >= 0.3 is 0 Å². The number of amides is 2. The maximum Gasteiger partial charge on any atom is 0.271 e. The summed E-state index contributed by atoms with van der Waals surface area (Å²) < 4.78 is 2.14. The third-order valence-corrected chi connectivity index (χ3v) is 7.37. The number of likely N-dealkylation sites (tertiary alicyclic amines) is 1. The zero-order valence-electron chi connectivity index (χ0n) is 20.8. The van der Waals surface area contributed by atoms with Crippen molar-refractivity contribution in [3.05, 3.63) is 83.7 Å². The lowest BCUT2D eigenvalue weighted by atomic mass is 9.94. The van der Waals surface area contributed by atoms with E-state index in [1.807, 2.05) is 35.5 Å². The minimum absolute atomic E-state index is 0.00253. The molecule has 2 aliphatic rings. The number of pyridine rings is 1. The Bertz CT molecular complexity index is 1170. The number of hydrogen-bond acceptors (Lipinski definition) is 5. The number of carbonyl (C=O) groups is 2. The van der Waals surface area contributed by atoms with E-state index < -0.39 is 0 Å². The fourth-order valence-corrected chi connectivity index (χ4v) is 5.38. The average molecular weight is 487 g/mol. The van der Waals surface area contributed by atoms with Gasteiger partial charge in [-0.05, 0) is 42.4 Å². The largest absolute Gasteiger partial charge is 0.350 e. The minimum Gasteiger partial charge on any atom is -0.350 e. The van der Waals surface area contributed by atoms with E-state index in [4.69, 9.17) is 4.98 Å². The lowest BCUT2D eigenvalue weighted by Gasteiger charge is -2.40. The summed E-state index contributed by atoms with van der Waals surface area (Å²) in [5, 5.41) is 3.01. The molecule has 8 nitrogen and oxygen atoms in total. The van der Waals surface area contributed by atoms with Crippen molar-refractivity contribution in [3.8, 4) is 0 Å². The summed E-state index contributed by atoms with van der Waals surface area (Å²) in [5.41, 5.74) is 2.75. The van der Waals surface area contributed by atoms with Crippen LogP contribution in [0.3, 0.4) is 0 Å². The average Bonchev–Trinajstić information content (AvgIpc) is 3.34. The highest BCUT2D eigenvalue weighted by atomic mass is 16.2. The highest BCUT2D eigenvalue weighted by Crippen LogP contribution is 2.33. The van der Waals surface area contributed by atoms with Crippen molar-refractivity contribution in [1.82, 2.24) is 29.7 Å². The smallest absolute Gasteiger partial charge is 0.271 e.